The van der Waals surface area contributed by atoms with Gasteiger partial charge in [-0.05, 0) is 43.1 Å². The van der Waals surface area contributed by atoms with E-state index in [1.807, 2.05) is 18.0 Å². The summed E-state index contributed by atoms with van der Waals surface area (Å²) in [7, 11) is 3.63. The molecule has 5 heteroatoms. The van der Waals surface area contributed by atoms with Crippen molar-refractivity contribution in [2.75, 3.05) is 27.2 Å². The highest BCUT2D eigenvalue weighted by Crippen LogP contribution is 2.36. The first-order valence-electron chi connectivity index (χ1n) is 8.67. The van der Waals surface area contributed by atoms with Gasteiger partial charge in [0.05, 0.1) is 13.2 Å². The first-order chi connectivity index (χ1) is 11.5. The summed E-state index contributed by atoms with van der Waals surface area (Å²) in [4.78, 5) is 18.3. The molecule has 1 atom stereocenters. The molecule has 24 heavy (non-hydrogen) atoms. The number of benzene rings is 1. The van der Waals surface area contributed by atoms with Gasteiger partial charge in [-0.15, -0.1) is 0 Å². The van der Waals surface area contributed by atoms with Crippen LogP contribution in [0.3, 0.4) is 0 Å². The molecular formula is C19H27N3O2. The van der Waals surface area contributed by atoms with Crippen molar-refractivity contribution in [1.29, 1.82) is 0 Å². The normalized spacial score (nSPS) is 17.4. The van der Waals surface area contributed by atoms with Crippen LogP contribution in [-0.4, -0.2) is 43.0 Å². The van der Waals surface area contributed by atoms with Crippen LogP contribution in [0, 0.1) is 5.92 Å². The van der Waals surface area contributed by atoms with E-state index in [-0.39, 0.29) is 11.9 Å². The Morgan fingerprint density at radius 2 is 2.25 bits per heavy atom. The number of hydrogen-bond donors (Lipinski definition) is 2. The number of ether oxygens (including phenoxy) is 1. The van der Waals surface area contributed by atoms with Crippen LogP contribution in [0.25, 0.3) is 10.9 Å². The molecule has 0 saturated carbocycles. The van der Waals surface area contributed by atoms with E-state index in [0.717, 1.165) is 36.5 Å². The average Bonchev–Trinajstić information content (AvgIpc) is 2.92. The number of carbonyl (C=O) groups is 1. The molecule has 3 rings (SSSR count). The SMILES string of the molecule is CNCC1c2[nH]c3ccc(OC)cc3c2CCN1C(=O)CC(C)C. The summed E-state index contributed by atoms with van der Waals surface area (Å²) >= 11 is 0. The van der Waals surface area contributed by atoms with Crippen LogP contribution in [0.1, 0.15) is 37.6 Å². The van der Waals surface area contributed by atoms with E-state index in [2.05, 4.69) is 36.3 Å². The summed E-state index contributed by atoms with van der Waals surface area (Å²) in [6.45, 7) is 5.71. The first kappa shape index (κ1) is 16.8. The molecule has 0 bridgehead atoms. The predicted molar refractivity (Wildman–Crippen MR) is 96.4 cm³/mol. The molecule has 0 spiro atoms. The van der Waals surface area contributed by atoms with Crippen molar-refractivity contribution in [2.45, 2.75) is 32.7 Å². The fourth-order valence-corrected chi connectivity index (χ4v) is 3.64. The maximum atomic E-state index is 12.7. The lowest BCUT2D eigenvalue weighted by molar-refractivity contribution is -0.134. The molecule has 2 aromatic rings. The topological polar surface area (TPSA) is 57.4 Å². The standard InChI is InChI=1S/C19H27N3O2/c1-12(2)9-18(23)22-8-7-14-15-10-13(24-4)5-6-16(15)21-19(14)17(22)11-20-3/h5-6,10,12,17,20-21H,7-9,11H2,1-4H3. The number of rotatable bonds is 5. The Kier molecular flexibility index (Phi) is 4.81. The van der Waals surface area contributed by atoms with E-state index < -0.39 is 0 Å². The molecular weight excluding hydrogens is 302 g/mol. The average molecular weight is 329 g/mol. The van der Waals surface area contributed by atoms with Gasteiger partial charge in [0.1, 0.15) is 5.75 Å². The number of aromatic amines is 1. The van der Waals surface area contributed by atoms with Crippen molar-refractivity contribution in [3.63, 3.8) is 0 Å². The molecule has 0 fully saturated rings. The zero-order valence-corrected chi connectivity index (χ0v) is 15.0. The molecule has 1 amide bonds. The number of aromatic nitrogens is 1. The molecule has 1 unspecified atom stereocenters. The van der Waals surface area contributed by atoms with Gasteiger partial charge in [-0.1, -0.05) is 13.8 Å². The molecule has 1 aromatic carbocycles. The molecule has 0 radical (unpaired) electrons. The van der Waals surface area contributed by atoms with Crippen LogP contribution >= 0.6 is 0 Å². The van der Waals surface area contributed by atoms with Crippen molar-refractivity contribution in [1.82, 2.24) is 15.2 Å². The zero-order chi connectivity index (χ0) is 17.3. The van der Waals surface area contributed by atoms with Gasteiger partial charge >= 0.3 is 0 Å². The molecule has 2 N–H and O–H groups in total. The van der Waals surface area contributed by atoms with Crippen LogP contribution in [0.5, 0.6) is 5.75 Å². The van der Waals surface area contributed by atoms with Crippen molar-refractivity contribution >= 4 is 16.8 Å². The minimum absolute atomic E-state index is 0.0587. The second-order valence-electron chi connectivity index (χ2n) is 6.94. The fraction of sp³-hybridized carbons (Fsp3) is 0.526. The number of hydrogen-bond acceptors (Lipinski definition) is 3. The number of H-pyrrole nitrogens is 1. The fourth-order valence-electron chi connectivity index (χ4n) is 3.64. The lowest BCUT2D eigenvalue weighted by Crippen LogP contribution is -2.44. The van der Waals surface area contributed by atoms with Crippen LogP contribution in [-0.2, 0) is 11.2 Å². The Morgan fingerprint density at radius 1 is 1.46 bits per heavy atom. The highest BCUT2D eigenvalue weighted by Gasteiger charge is 2.32. The van der Waals surface area contributed by atoms with Gasteiger partial charge in [0.2, 0.25) is 5.91 Å². The number of amides is 1. The third kappa shape index (κ3) is 3.00. The number of methoxy groups -OCH3 is 1. The van der Waals surface area contributed by atoms with Gasteiger partial charge in [-0.2, -0.15) is 0 Å². The number of nitrogens with zero attached hydrogens (tertiary/aromatic N) is 1. The summed E-state index contributed by atoms with van der Waals surface area (Å²) in [6.07, 6.45) is 1.48. The Labute approximate surface area is 143 Å². The highest BCUT2D eigenvalue weighted by molar-refractivity contribution is 5.87. The lowest BCUT2D eigenvalue weighted by Gasteiger charge is -2.36. The second-order valence-corrected chi connectivity index (χ2v) is 6.94. The molecule has 0 saturated heterocycles. The molecule has 1 aromatic heterocycles. The van der Waals surface area contributed by atoms with Gasteiger partial charge in [0, 0.05) is 36.1 Å². The van der Waals surface area contributed by atoms with Gasteiger partial charge in [0.15, 0.2) is 0 Å². The molecule has 0 aliphatic carbocycles. The summed E-state index contributed by atoms with van der Waals surface area (Å²) in [5, 5.41) is 4.45. The second kappa shape index (κ2) is 6.85. The molecule has 1 aliphatic rings. The molecule has 1 aliphatic heterocycles. The van der Waals surface area contributed by atoms with Crippen molar-refractivity contribution < 1.29 is 9.53 Å². The minimum atomic E-state index is 0.0587. The van der Waals surface area contributed by atoms with Gasteiger partial charge in [-0.3, -0.25) is 4.79 Å². The van der Waals surface area contributed by atoms with Gasteiger partial charge in [-0.25, -0.2) is 0 Å². The third-order valence-electron chi connectivity index (χ3n) is 4.76. The quantitative estimate of drug-likeness (QED) is 0.887. The number of fused-ring (bicyclic) bond motifs is 3. The molecule has 130 valence electrons. The lowest BCUT2D eigenvalue weighted by atomic mass is 9.96. The van der Waals surface area contributed by atoms with E-state index in [0.29, 0.717) is 12.3 Å². The number of likely N-dealkylation sites (N-methyl/N-ethyl adjacent to an activating group) is 1. The van der Waals surface area contributed by atoms with Gasteiger partial charge < -0.3 is 19.9 Å². The van der Waals surface area contributed by atoms with Crippen LogP contribution in [0.2, 0.25) is 0 Å². The first-order valence-corrected chi connectivity index (χ1v) is 8.67. The van der Waals surface area contributed by atoms with Crippen molar-refractivity contribution in [2.24, 2.45) is 5.92 Å². The molecule has 5 nitrogen and oxygen atoms in total. The highest BCUT2D eigenvalue weighted by atomic mass is 16.5. The van der Waals surface area contributed by atoms with Crippen molar-refractivity contribution in [3.05, 3.63) is 29.5 Å². The van der Waals surface area contributed by atoms with Gasteiger partial charge in [0.25, 0.3) is 0 Å². The summed E-state index contributed by atoms with van der Waals surface area (Å²) in [5.41, 5.74) is 3.59. The van der Waals surface area contributed by atoms with E-state index in [1.54, 1.807) is 7.11 Å². The number of carbonyl (C=O) groups excluding carboxylic acids is 1. The van der Waals surface area contributed by atoms with Crippen LogP contribution in [0.4, 0.5) is 0 Å². The summed E-state index contributed by atoms with van der Waals surface area (Å²) < 4.78 is 5.37. The zero-order valence-electron chi connectivity index (χ0n) is 15.0. The maximum absolute atomic E-state index is 12.7. The smallest absolute Gasteiger partial charge is 0.223 e. The van der Waals surface area contributed by atoms with E-state index in [9.17, 15) is 4.79 Å². The van der Waals surface area contributed by atoms with E-state index in [1.165, 1.54) is 10.9 Å². The van der Waals surface area contributed by atoms with E-state index in [4.69, 9.17) is 4.74 Å². The van der Waals surface area contributed by atoms with E-state index >= 15 is 0 Å². The third-order valence-corrected chi connectivity index (χ3v) is 4.76. The van der Waals surface area contributed by atoms with Crippen LogP contribution < -0.4 is 10.1 Å². The molecule has 2 heterocycles. The number of nitrogens with one attached hydrogen (secondary N) is 2. The van der Waals surface area contributed by atoms with Crippen LogP contribution in [0.15, 0.2) is 18.2 Å². The Hall–Kier alpha value is -2.01. The van der Waals surface area contributed by atoms with Crippen molar-refractivity contribution in [3.8, 4) is 5.75 Å². The Morgan fingerprint density at radius 3 is 2.92 bits per heavy atom. The predicted octanol–water partition coefficient (Wildman–Crippen LogP) is 2.87. The largest absolute Gasteiger partial charge is 0.497 e. The Bertz CT molecular complexity index is 736. The monoisotopic (exact) mass is 329 g/mol. The summed E-state index contributed by atoms with van der Waals surface area (Å²) in [6, 6.07) is 6.18. The summed E-state index contributed by atoms with van der Waals surface area (Å²) in [5.74, 6) is 1.49. The maximum Gasteiger partial charge on any atom is 0.223 e. The minimum Gasteiger partial charge on any atom is -0.497 e. The Balaban J connectivity index is 2.01.